The van der Waals surface area contributed by atoms with Crippen molar-refractivity contribution in [2.45, 2.75) is 38.0 Å². The highest BCUT2D eigenvalue weighted by molar-refractivity contribution is 5.26. The number of hydrogen-bond donors (Lipinski definition) is 1. The van der Waals surface area contributed by atoms with Crippen LogP contribution < -0.4 is 10.2 Å². The first-order chi connectivity index (χ1) is 8.35. The van der Waals surface area contributed by atoms with E-state index in [0.29, 0.717) is 24.5 Å². The van der Waals surface area contributed by atoms with Gasteiger partial charge in [0.1, 0.15) is 0 Å². The Morgan fingerprint density at radius 2 is 2.29 bits per heavy atom. The summed E-state index contributed by atoms with van der Waals surface area (Å²) in [6.45, 7) is 2.45. The highest BCUT2D eigenvalue weighted by Crippen LogP contribution is 2.21. The molecular formula is C11H18N4O2. The largest absolute Gasteiger partial charge is 0.407 e. The molecule has 2 fully saturated rings. The van der Waals surface area contributed by atoms with E-state index < -0.39 is 0 Å². The van der Waals surface area contributed by atoms with E-state index in [1.54, 1.807) is 7.11 Å². The van der Waals surface area contributed by atoms with Gasteiger partial charge in [0.15, 0.2) is 0 Å². The van der Waals surface area contributed by atoms with E-state index in [0.717, 1.165) is 19.5 Å². The third-order valence-corrected chi connectivity index (χ3v) is 3.32. The minimum atomic E-state index is 0.287. The molecule has 0 radical (unpaired) electrons. The molecule has 1 aromatic heterocycles. The molecule has 1 atom stereocenters. The van der Waals surface area contributed by atoms with Crippen LogP contribution in [0.4, 0.5) is 6.01 Å². The van der Waals surface area contributed by atoms with Crippen LogP contribution in [0, 0.1) is 0 Å². The van der Waals surface area contributed by atoms with Crippen molar-refractivity contribution < 1.29 is 9.15 Å². The lowest BCUT2D eigenvalue weighted by molar-refractivity contribution is 0.120. The van der Waals surface area contributed by atoms with E-state index in [9.17, 15) is 0 Å². The smallest absolute Gasteiger partial charge is 0.318 e. The Hall–Kier alpha value is -1.14. The average molecular weight is 238 g/mol. The molecule has 1 saturated heterocycles. The van der Waals surface area contributed by atoms with Crippen molar-refractivity contribution in [2.75, 3.05) is 25.1 Å². The maximum absolute atomic E-state index is 5.62. The summed E-state index contributed by atoms with van der Waals surface area (Å²) >= 11 is 0. The van der Waals surface area contributed by atoms with Crippen LogP contribution in [0.25, 0.3) is 0 Å². The topological polar surface area (TPSA) is 63.4 Å². The second-order valence-electron chi connectivity index (χ2n) is 4.73. The Morgan fingerprint density at radius 1 is 1.41 bits per heavy atom. The molecule has 3 rings (SSSR count). The van der Waals surface area contributed by atoms with E-state index in [4.69, 9.17) is 9.15 Å². The van der Waals surface area contributed by atoms with Crippen LogP contribution in [0.3, 0.4) is 0 Å². The van der Waals surface area contributed by atoms with Gasteiger partial charge >= 0.3 is 6.01 Å². The van der Waals surface area contributed by atoms with Crippen molar-refractivity contribution in [1.82, 2.24) is 15.5 Å². The van der Waals surface area contributed by atoms with Crippen molar-refractivity contribution >= 4 is 6.01 Å². The number of methoxy groups -OCH3 is 1. The summed E-state index contributed by atoms with van der Waals surface area (Å²) in [6, 6.07) is 1.28. The Morgan fingerprint density at radius 3 is 3.00 bits per heavy atom. The lowest BCUT2D eigenvalue weighted by atomic mass is 10.3. The minimum absolute atomic E-state index is 0.287. The van der Waals surface area contributed by atoms with Gasteiger partial charge in [0.05, 0.1) is 12.6 Å². The lowest BCUT2D eigenvalue weighted by Crippen LogP contribution is -2.22. The van der Waals surface area contributed by atoms with Crippen LogP contribution in [-0.4, -0.2) is 42.5 Å². The first-order valence-electron chi connectivity index (χ1n) is 6.18. The normalized spacial score (nSPS) is 24.5. The standard InChI is InChI=1S/C11H18N4O2/c1-16-9-4-5-15(7-9)11-14-13-10(17-11)6-12-8-2-3-8/h8-9,12H,2-7H2,1H3. The Kier molecular flexibility index (Phi) is 2.98. The summed E-state index contributed by atoms with van der Waals surface area (Å²) in [5, 5.41) is 11.5. The molecule has 0 bridgehead atoms. The minimum Gasteiger partial charge on any atom is -0.407 e. The van der Waals surface area contributed by atoms with Crippen molar-refractivity contribution in [3.8, 4) is 0 Å². The molecule has 0 aromatic carbocycles. The molecule has 17 heavy (non-hydrogen) atoms. The van der Waals surface area contributed by atoms with Gasteiger partial charge in [-0.25, -0.2) is 0 Å². The first kappa shape index (κ1) is 11.0. The summed E-state index contributed by atoms with van der Waals surface area (Å²) in [5.74, 6) is 0.674. The Balaban J connectivity index is 1.56. The predicted octanol–water partition coefficient (Wildman–Crippen LogP) is 0.547. The number of nitrogens with one attached hydrogen (secondary N) is 1. The van der Waals surface area contributed by atoms with Gasteiger partial charge in [-0.2, -0.15) is 0 Å². The molecule has 1 aliphatic heterocycles. The fourth-order valence-corrected chi connectivity index (χ4v) is 2.06. The fourth-order valence-electron chi connectivity index (χ4n) is 2.06. The van der Waals surface area contributed by atoms with Crippen LogP contribution in [0.2, 0.25) is 0 Å². The second kappa shape index (κ2) is 4.62. The van der Waals surface area contributed by atoms with Crippen molar-refractivity contribution in [3.63, 3.8) is 0 Å². The Bertz CT molecular complexity index is 377. The van der Waals surface area contributed by atoms with Gasteiger partial charge < -0.3 is 19.4 Å². The zero-order chi connectivity index (χ0) is 11.7. The van der Waals surface area contributed by atoms with Crippen molar-refractivity contribution in [1.29, 1.82) is 0 Å². The Labute approximate surface area is 100 Å². The highest BCUT2D eigenvalue weighted by atomic mass is 16.5. The number of ether oxygens (including phenoxy) is 1. The molecule has 1 aromatic rings. The molecule has 1 N–H and O–H groups in total. The third kappa shape index (κ3) is 2.58. The SMILES string of the molecule is COC1CCN(c2nnc(CNC3CC3)o2)C1. The molecule has 6 nitrogen and oxygen atoms in total. The molecule has 2 aliphatic rings. The van der Waals surface area contributed by atoms with Crippen molar-refractivity contribution in [3.05, 3.63) is 5.89 Å². The van der Waals surface area contributed by atoms with Gasteiger partial charge in [0.25, 0.3) is 0 Å². The lowest BCUT2D eigenvalue weighted by Gasteiger charge is -2.11. The fraction of sp³-hybridized carbons (Fsp3) is 0.818. The molecule has 0 spiro atoms. The van der Waals surface area contributed by atoms with E-state index in [1.165, 1.54) is 12.8 Å². The monoisotopic (exact) mass is 238 g/mol. The zero-order valence-corrected chi connectivity index (χ0v) is 10.1. The van der Waals surface area contributed by atoms with Crippen LogP contribution in [0.15, 0.2) is 4.42 Å². The van der Waals surface area contributed by atoms with Crippen LogP contribution >= 0.6 is 0 Å². The van der Waals surface area contributed by atoms with Gasteiger partial charge in [-0.15, -0.1) is 5.10 Å². The van der Waals surface area contributed by atoms with E-state index in [1.807, 2.05) is 0 Å². The first-order valence-corrected chi connectivity index (χ1v) is 6.18. The van der Waals surface area contributed by atoms with E-state index in [-0.39, 0.29) is 6.10 Å². The number of hydrogen-bond acceptors (Lipinski definition) is 6. The summed E-state index contributed by atoms with van der Waals surface area (Å²) in [5.41, 5.74) is 0. The van der Waals surface area contributed by atoms with Crippen molar-refractivity contribution in [2.24, 2.45) is 0 Å². The molecule has 2 heterocycles. The van der Waals surface area contributed by atoms with Crippen LogP contribution in [0.1, 0.15) is 25.2 Å². The molecule has 0 amide bonds. The molecule has 94 valence electrons. The molecule has 1 aliphatic carbocycles. The third-order valence-electron chi connectivity index (χ3n) is 3.32. The molecular weight excluding hydrogens is 220 g/mol. The second-order valence-corrected chi connectivity index (χ2v) is 4.73. The number of nitrogens with zero attached hydrogens (tertiary/aromatic N) is 3. The van der Waals surface area contributed by atoms with Gasteiger partial charge in [0, 0.05) is 26.2 Å². The summed E-state index contributed by atoms with van der Waals surface area (Å²) in [4.78, 5) is 2.09. The predicted molar refractivity (Wildman–Crippen MR) is 61.8 cm³/mol. The molecule has 1 saturated carbocycles. The van der Waals surface area contributed by atoms with Crippen LogP contribution in [0.5, 0.6) is 0 Å². The maximum Gasteiger partial charge on any atom is 0.318 e. The number of rotatable bonds is 5. The molecule has 6 heteroatoms. The summed E-state index contributed by atoms with van der Waals surface area (Å²) in [7, 11) is 1.74. The van der Waals surface area contributed by atoms with Gasteiger partial charge in [-0.05, 0) is 19.3 Å². The zero-order valence-electron chi connectivity index (χ0n) is 10.1. The van der Waals surface area contributed by atoms with Crippen LogP contribution in [-0.2, 0) is 11.3 Å². The van der Waals surface area contributed by atoms with E-state index in [2.05, 4.69) is 20.4 Å². The number of aromatic nitrogens is 2. The summed E-state index contributed by atoms with van der Waals surface area (Å²) < 4.78 is 10.9. The summed E-state index contributed by atoms with van der Waals surface area (Å²) in [6.07, 6.45) is 3.84. The highest BCUT2D eigenvalue weighted by Gasteiger charge is 2.26. The van der Waals surface area contributed by atoms with Gasteiger partial charge in [0.2, 0.25) is 5.89 Å². The van der Waals surface area contributed by atoms with Gasteiger partial charge in [-0.1, -0.05) is 5.10 Å². The molecule has 1 unspecified atom stereocenters. The number of anilines is 1. The van der Waals surface area contributed by atoms with E-state index >= 15 is 0 Å². The van der Waals surface area contributed by atoms with Gasteiger partial charge in [-0.3, -0.25) is 0 Å². The maximum atomic E-state index is 5.62. The average Bonchev–Trinajstić information content (AvgIpc) is 2.89. The quantitative estimate of drug-likeness (QED) is 0.808.